The highest BCUT2D eigenvalue weighted by Gasteiger charge is 2.16. The lowest BCUT2D eigenvalue weighted by atomic mass is 10.0. The highest BCUT2D eigenvalue weighted by molar-refractivity contribution is 5.68. The maximum absolute atomic E-state index is 13.4. The van der Waals surface area contributed by atoms with E-state index in [1.165, 1.54) is 0 Å². The Kier molecular flexibility index (Phi) is 4.94. The molecule has 7 heteroatoms. The molecule has 1 heterocycles. The molecule has 0 atom stereocenters. The number of anilines is 2. The van der Waals surface area contributed by atoms with E-state index < -0.39 is 18.2 Å². The molecule has 1 aliphatic heterocycles. The average Bonchev–Trinajstić information content (AvgIpc) is 2.41. The Balaban J connectivity index is 2.02. The molecule has 2 rings (SSSR count). The number of hydrogen-bond acceptors (Lipinski definition) is 4. The van der Waals surface area contributed by atoms with E-state index in [0.29, 0.717) is 31.4 Å². The van der Waals surface area contributed by atoms with Crippen molar-refractivity contribution in [3.63, 3.8) is 0 Å². The zero-order chi connectivity index (χ0) is 14.5. The van der Waals surface area contributed by atoms with Gasteiger partial charge in [0.05, 0.1) is 11.4 Å². The molecule has 1 aromatic rings. The Hall–Kier alpha value is -1.63. The van der Waals surface area contributed by atoms with E-state index in [-0.39, 0.29) is 5.69 Å². The monoisotopic (exact) mass is 290 g/mol. The molecule has 1 aromatic carbocycles. The van der Waals surface area contributed by atoms with Crippen LogP contribution in [-0.2, 0) is 4.74 Å². The van der Waals surface area contributed by atoms with Crippen LogP contribution >= 0.6 is 0 Å². The molecule has 0 spiro atoms. The zero-order valence-corrected chi connectivity index (χ0v) is 10.9. The molecule has 1 aliphatic rings. The molecular weight excluding hydrogens is 273 g/mol. The van der Waals surface area contributed by atoms with Crippen molar-refractivity contribution in [2.75, 3.05) is 30.8 Å². The molecule has 0 saturated carbocycles. The average molecular weight is 290 g/mol. The Morgan fingerprint density at radius 1 is 1.35 bits per heavy atom. The second-order valence-corrected chi connectivity index (χ2v) is 4.69. The largest absolute Gasteiger partial charge is 0.432 e. The first-order chi connectivity index (χ1) is 9.56. The van der Waals surface area contributed by atoms with Crippen molar-refractivity contribution >= 4 is 11.4 Å². The van der Waals surface area contributed by atoms with Crippen molar-refractivity contribution < 1.29 is 22.6 Å². The van der Waals surface area contributed by atoms with Crippen LogP contribution in [0.1, 0.15) is 12.8 Å². The lowest BCUT2D eigenvalue weighted by molar-refractivity contribution is -0.0521. The van der Waals surface area contributed by atoms with Crippen LogP contribution in [0.5, 0.6) is 5.75 Å². The van der Waals surface area contributed by atoms with E-state index in [9.17, 15) is 13.2 Å². The minimum Gasteiger partial charge on any atom is -0.432 e. The highest BCUT2D eigenvalue weighted by Crippen LogP contribution is 2.29. The summed E-state index contributed by atoms with van der Waals surface area (Å²) in [5, 5.41) is 3.05. The number of ether oxygens (including phenoxy) is 2. The smallest absolute Gasteiger partial charge is 0.387 e. The van der Waals surface area contributed by atoms with Gasteiger partial charge in [-0.3, -0.25) is 0 Å². The summed E-state index contributed by atoms with van der Waals surface area (Å²) in [6.07, 6.45) is 1.85. The first-order valence-electron chi connectivity index (χ1n) is 6.41. The van der Waals surface area contributed by atoms with Gasteiger partial charge in [-0.25, -0.2) is 4.39 Å². The van der Waals surface area contributed by atoms with E-state index in [0.717, 1.165) is 25.0 Å². The molecule has 0 unspecified atom stereocenters. The number of benzene rings is 1. The zero-order valence-electron chi connectivity index (χ0n) is 10.9. The summed E-state index contributed by atoms with van der Waals surface area (Å²) in [6.45, 7) is -1.01. The van der Waals surface area contributed by atoms with Crippen LogP contribution in [0, 0.1) is 11.7 Å². The summed E-state index contributed by atoms with van der Waals surface area (Å²) in [5.41, 5.74) is 6.23. The van der Waals surface area contributed by atoms with Gasteiger partial charge < -0.3 is 20.5 Å². The van der Waals surface area contributed by atoms with Gasteiger partial charge in [0.25, 0.3) is 0 Å². The fourth-order valence-corrected chi connectivity index (χ4v) is 2.11. The highest BCUT2D eigenvalue weighted by atomic mass is 19.3. The molecule has 4 nitrogen and oxygen atoms in total. The van der Waals surface area contributed by atoms with Crippen molar-refractivity contribution in [2.24, 2.45) is 5.92 Å². The maximum atomic E-state index is 13.4. The van der Waals surface area contributed by atoms with Gasteiger partial charge in [-0.2, -0.15) is 8.78 Å². The number of nitrogens with one attached hydrogen (secondary N) is 1. The fraction of sp³-hybridized carbons (Fsp3) is 0.538. The van der Waals surface area contributed by atoms with Crippen LogP contribution in [0.2, 0.25) is 0 Å². The summed E-state index contributed by atoms with van der Waals surface area (Å²) in [5.74, 6) is -0.990. The number of nitrogens with two attached hydrogens (primary N) is 1. The molecule has 20 heavy (non-hydrogen) atoms. The normalized spacial score (nSPS) is 16.4. The van der Waals surface area contributed by atoms with E-state index in [2.05, 4.69) is 10.1 Å². The van der Waals surface area contributed by atoms with Gasteiger partial charge in [0.1, 0.15) is 0 Å². The minimum absolute atomic E-state index is 0.163. The second kappa shape index (κ2) is 6.69. The van der Waals surface area contributed by atoms with Gasteiger partial charge >= 0.3 is 6.61 Å². The number of halogens is 3. The van der Waals surface area contributed by atoms with Gasteiger partial charge in [0.15, 0.2) is 11.6 Å². The van der Waals surface area contributed by atoms with Gasteiger partial charge in [-0.1, -0.05) is 0 Å². The molecule has 0 bridgehead atoms. The predicted molar refractivity (Wildman–Crippen MR) is 69.5 cm³/mol. The molecule has 0 radical (unpaired) electrons. The number of alkyl halides is 2. The Bertz CT molecular complexity index is 451. The van der Waals surface area contributed by atoms with Crippen molar-refractivity contribution in [3.8, 4) is 5.75 Å². The SMILES string of the molecule is Nc1cc(F)c(OC(F)F)cc1NCC1CCOCC1. The summed E-state index contributed by atoms with van der Waals surface area (Å²) in [4.78, 5) is 0. The van der Waals surface area contributed by atoms with Gasteiger partial charge in [0, 0.05) is 31.9 Å². The lowest BCUT2D eigenvalue weighted by Crippen LogP contribution is -2.23. The number of nitrogen functional groups attached to an aromatic ring is 1. The van der Waals surface area contributed by atoms with Gasteiger partial charge in [-0.05, 0) is 18.8 Å². The fourth-order valence-electron chi connectivity index (χ4n) is 2.11. The topological polar surface area (TPSA) is 56.5 Å². The van der Waals surface area contributed by atoms with Crippen LogP contribution in [0.15, 0.2) is 12.1 Å². The molecule has 1 fully saturated rings. The third-order valence-electron chi connectivity index (χ3n) is 3.24. The van der Waals surface area contributed by atoms with Crippen LogP contribution in [0.25, 0.3) is 0 Å². The molecule has 1 saturated heterocycles. The van der Waals surface area contributed by atoms with Gasteiger partial charge in [0.2, 0.25) is 0 Å². The predicted octanol–water partition coefficient (Wildman–Crippen LogP) is 2.85. The summed E-state index contributed by atoms with van der Waals surface area (Å²) < 4.78 is 47.1. The molecule has 112 valence electrons. The first-order valence-corrected chi connectivity index (χ1v) is 6.41. The van der Waals surface area contributed by atoms with Crippen molar-refractivity contribution in [1.82, 2.24) is 0 Å². The van der Waals surface area contributed by atoms with E-state index in [1.54, 1.807) is 0 Å². The van der Waals surface area contributed by atoms with Crippen LogP contribution in [0.3, 0.4) is 0 Å². The van der Waals surface area contributed by atoms with Gasteiger partial charge in [-0.15, -0.1) is 0 Å². The van der Waals surface area contributed by atoms with E-state index in [1.807, 2.05) is 0 Å². The Morgan fingerprint density at radius 3 is 2.70 bits per heavy atom. The summed E-state index contributed by atoms with van der Waals surface area (Å²) in [6, 6.07) is 2.14. The molecule has 3 N–H and O–H groups in total. The van der Waals surface area contributed by atoms with E-state index in [4.69, 9.17) is 10.5 Å². The first kappa shape index (κ1) is 14.8. The van der Waals surface area contributed by atoms with Crippen LogP contribution in [0.4, 0.5) is 24.5 Å². The maximum Gasteiger partial charge on any atom is 0.387 e. The Labute approximate surface area is 115 Å². The second-order valence-electron chi connectivity index (χ2n) is 4.69. The molecule has 0 aromatic heterocycles. The van der Waals surface area contributed by atoms with Crippen molar-refractivity contribution in [1.29, 1.82) is 0 Å². The third kappa shape index (κ3) is 3.93. The molecule has 0 amide bonds. The number of hydrogen-bond donors (Lipinski definition) is 2. The number of rotatable bonds is 5. The quantitative estimate of drug-likeness (QED) is 0.819. The lowest BCUT2D eigenvalue weighted by Gasteiger charge is -2.23. The minimum atomic E-state index is -3.07. The summed E-state index contributed by atoms with van der Waals surface area (Å²) >= 11 is 0. The third-order valence-corrected chi connectivity index (χ3v) is 3.24. The van der Waals surface area contributed by atoms with Crippen molar-refractivity contribution in [2.45, 2.75) is 19.5 Å². The van der Waals surface area contributed by atoms with Crippen LogP contribution in [-0.4, -0.2) is 26.4 Å². The van der Waals surface area contributed by atoms with Crippen LogP contribution < -0.4 is 15.8 Å². The van der Waals surface area contributed by atoms with Crippen molar-refractivity contribution in [3.05, 3.63) is 17.9 Å². The summed E-state index contributed by atoms with van der Waals surface area (Å²) in [7, 11) is 0. The molecule has 0 aliphatic carbocycles. The standard InChI is InChI=1S/C13H17F3N2O2/c14-9-5-10(17)11(6-12(9)20-13(15)16)18-7-8-1-3-19-4-2-8/h5-6,8,13,18H,1-4,7,17H2. The molecular formula is C13H17F3N2O2. The Morgan fingerprint density at radius 2 is 2.05 bits per heavy atom. The van der Waals surface area contributed by atoms with E-state index >= 15 is 0 Å².